The smallest absolute Gasteiger partial charge is 0.0929 e. The Kier molecular flexibility index (Phi) is 2.63. The highest BCUT2D eigenvalue weighted by Crippen LogP contribution is 2.28. The molecule has 0 saturated heterocycles. The molecule has 0 aliphatic rings. The van der Waals surface area contributed by atoms with Gasteiger partial charge < -0.3 is 0 Å². The maximum absolute atomic E-state index is 4.43. The number of aromatic amines is 1. The van der Waals surface area contributed by atoms with Crippen molar-refractivity contribution in [2.75, 3.05) is 0 Å². The molecule has 0 saturated carbocycles. The van der Waals surface area contributed by atoms with Gasteiger partial charge in [-0.3, -0.25) is 5.10 Å². The van der Waals surface area contributed by atoms with E-state index in [-0.39, 0.29) is 0 Å². The van der Waals surface area contributed by atoms with E-state index in [4.69, 9.17) is 0 Å². The number of nitrogens with zero attached hydrogens (tertiary/aromatic N) is 1. The Morgan fingerprint density at radius 2 is 1.78 bits per heavy atom. The van der Waals surface area contributed by atoms with Crippen LogP contribution in [0.1, 0.15) is 25.5 Å². The van der Waals surface area contributed by atoms with Crippen molar-refractivity contribution in [1.29, 1.82) is 0 Å². The van der Waals surface area contributed by atoms with Crippen LogP contribution in [0.3, 0.4) is 0 Å². The van der Waals surface area contributed by atoms with E-state index >= 15 is 0 Å². The van der Waals surface area contributed by atoms with E-state index in [1.54, 1.807) is 0 Å². The molecule has 0 unspecified atom stereocenters. The minimum Gasteiger partial charge on any atom is -0.282 e. The SMILES string of the molecule is CC(C)c1cc(-c2cccc3ccccc23)n[nH]1. The second kappa shape index (κ2) is 4.30. The Morgan fingerprint density at radius 1 is 1.00 bits per heavy atom. The highest BCUT2D eigenvalue weighted by Gasteiger charge is 2.09. The van der Waals surface area contributed by atoms with Crippen molar-refractivity contribution in [2.45, 2.75) is 19.8 Å². The molecule has 2 aromatic carbocycles. The topological polar surface area (TPSA) is 28.7 Å². The van der Waals surface area contributed by atoms with Gasteiger partial charge in [-0.1, -0.05) is 56.3 Å². The molecule has 90 valence electrons. The minimum atomic E-state index is 0.473. The Labute approximate surface area is 107 Å². The third-order valence-corrected chi connectivity index (χ3v) is 3.29. The molecule has 2 heteroatoms. The first-order valence-electron chi connectivity index (χ1n) is 6.29. The quantitative estimate of drug-likeness (QED) is 0.704. The molecular weight excluding hydrogens is 220 g/mol. The van der Waals surface area contributed by atoms with Crippen molar-refractivity contribution in [2.24, 2.45) is 0 Å². The molecule has 0 bridgehead atoms. The van der Waals surface area contributed by atoms with Crippen LogP contribution < -0.4 is 0 Å². The summed E-state index contributed by atoms with van der Waals surface area (Å²) in [5.41, 5.74) is 3.39. The number of rotatable bonds is 2. The molecule has 0 aliphatic heterocycles. The zero-order chi connectivity index (χ0) is 12.5. The number of aromatic nitrogens is 2. The minimum absolute atomic E-state index is 0.473. The van der Waals surface area contributed by atoms with Crippen LogP contribution in [0.15, 0.2) is 48.5 Å². The summed E-state index contributed by atoms with van der Waals surface area (Å²) in [6, 6.07) is 16.9. The molecule has 3 rings (SSSR count). The summed E-state index contributed by atoms with van der Waals surface area (Å²) in [6.45, 7) is 4.33. The molecule has 0 fully saturated rings. The van der Waals surface area contributed by atoms with E-state index in [0.717, 1.165) is 5.69 Å². The average molecular weight is 236 g/mol. The predicted octanol–water partition coefficient (Wildman–Crippen LogP) is 4.35. The maximum atomic E-state index is 4.43. The van der Waals surface area contributed by atoms with E-state index in [2.05, 4.69) is 72.6 Å². The fourth-order valence-corrected chi connectivity index (χ4v) is 2.22. The average Bonchev–Trinajstić information content (AvgIpc) is 2.87. The van der Waals surface area contributed by atoms with Gasteiger partial charge >= 0.3 is 0 Å². The lowest BCUT2D eigenvalue weighted by Gasteiger charge is -2.03. The van der Waals surface area contributed by atoms with Gasteiger partial charge in [0.25, 0.3) is 0 Å². The summed E-state index contributed by atoms with van der Waals surface area (Å²) in [7, 11) is 0. The molecule has 2 nitrogen and oxygen atoms in total. The number of hydrogen-bond donors (Lipinski definition) is 1. The van der Waals surface area contributed by atoms with Crippen molar-refractivity contribution < 1.29 is 0 Å². The molecule has 0 amide bonds. The molecule has 0 radical (unpaired) electrons. The van der Waals surface area contributed by atoms with Crippen molar-refractivity contribution >= 4 is 10.8 Å². The number of fused-ring (bicyclic) bond motifs is 1. The van der Waals surface area contributed by atoms with Gasteiger partial charge in [0.1, 0.15) is 0 Å². The summed E-state index contributed by atoms with van der Waals surface area (Å²) >= 11 is 0. The van der Waals surface area contributed by atoms with Gasteiger partial charge in [0.15, 0.2) is 0 Å². The second-order valence-electron chi connectivity index (χ2n) is 4.89. The molecule has 0 spiro atoms. The zero-order valence-corrected chi connectivity index (χ0v) is 10.6. The van der Waals surface area contributed by atoms with Gasteiger partial charge in [0, 0.05) is 11.3 Å². The lowest BCUT2D eigenvalue weighted by molar-refractivity contribution is 0.811. The monoisotopic (exact) mass is 236 g/mol. The Morgan fingerprint density at radius 3 is 2.56 bits per heavy atom. The number of benzene rings is 2. The third-order valence-electron chi connectivity index (χ3n) is 3.29. The van der Waals surface area contributed by atoms with E-state index in [1.807, 2.05) is 0 Å². The normalized spacial score (nSPS) is 11.3. The van der Waals surface area contributed by atoms with Crippen LogP contribution >= 0.6 is 0 Å². The van der Waals surface area contributed by atoms with E-state index in [0.29, 0.717) is 5.92 Å². The molecule has 18 heavy (non-hydrogen) atoms. The Balaban J connectivity index is 2.18. The molecule has 3 aromatic rings. The fourth-order valence-electron chi connectivity index (χ4n) is 2.22. The molecule has 1 N–H and O–H groups in total. The van der Waals surface area contributed by atoms with Crippen LogP contribution in [-0.2, 0) is 0 Å². The van der Waals surface area contributed by atoms with Gasteiger partial charge in [-0.25, -0.2) is 0 Å². The van der Waals surface area contributed by atoms with Crippen molar-refractivity contribution in [3.8, 4) is 11.3 Å². The number of nitrogens with one attached hydrogen (secondary N) is 1. The summed E-state index contributed by atoms with van der Waals surface area (Å²) < 4.78 is 0. The van der Waals surface area contributed by atoms with Crippen molar-refractivity contribution in [3.05, 3.63) is 54.2 Å². The number of hydrogen-bond acceptors (Lipinski definition) is 1. The number of H-pyrrole nitrogens is 1. The molecule has 1 aromatic heterocycles. The molecule has 0 atom stereocenters. The van der Waals surface area contributed by atoms with Gasteiger partial charge in [-0.15, -0.1) is 0 Å². The molecular formula is C16H16N2. The molecule has 1 heterocycles. The van der Waals surface area contributed by atoms with Crippen molar-refractivity contribution in [3.63, 3.8) is 0 Å². The first-order valence-corrected chi connectivity index (χ1v) is 6.29. The summed E-state index contributed by atoms with van der Waals surface area (Å²) in [6.07, 6.45) is 0. The van der Waals surface area contributed by atoms with Crippen molar-refractivity contribution in [1.82, 2.24) is 10.2 Å². The molecule has 0 aliphatic carbocycles. The van der Waals surface area contributed by atoms with E-state index in [1.165, 1.54) is 22.0 Å². The van der Waals surface area contributed by atoms with Crippen LogP contribution in [-0.4, -0.2) is 10.2 Å². The largest absolute Gasteiger partial charge is 0.282 e. The maximum Gasteiger partial charge on any atom is 0.0929 e. The third kappa shape index (κ3) is 1.80. The van der Waals surface area contributed by atoms with Crippen LogP contribution in [0.25, 0.3) is 22.0 Å². The van der Waals surface area contributed by atoms with Crippen LogP contribution in [0.5, 0.6) is 0 Å². The van der Waals surface area contributed by atoms with Gasteiger partial charge in [-0.2, -0.15) is 5.10 Å². The summed E-state index contributed by atoms with van der Waals surface area (Å²) in [5, 5.41) is 10.1. The zero-order valence-electron chi connectivity index (χ0n) is 10.6. The fraction of sp³-hybridized carbons (Fsp3) is 0.188. The van der Waals surface area contributed by atoms with Gasteiger partial charge in [0.2, 0.25) is 0 Å². The lowest BCUT2D eigenvalue weighted by Crippen LogP contribution is -1.85. The van der Waals surface area contributed by atoms with E-state index in [9.17, 15) is 0 Å². The van der Waals surface area contributed by atoms with Crippen LogP contribution in [0.4, 0.5) is 0 Å². The first-order chi connectivity index (χ1) is 8.75. The highest BCUT2D eigenvalue weighted by molar-refractivity contribution is 5.95. The lowest BCUT2D eigenvalue weighted by atomic mass is 10.0. The highest BCUT2D eigenvalue weighted by atomic mass is 15.1. The first kappa shape index (κ1) is 11.0. The van der Waals surface area contributed by atoms with Gasteiger partial charge in [0.05, 0.1) is 5.69 Å². The second-order valence-corrected chi connectivity index (χ2v) is 4.89. The summed E-state index contributed by atoms with van der Waals surface area (Å²) in [5.74, 6) is 0.473. The van der Waals surface area contributed by atoms with Gasteiger partial charge in [-0.05, 0) is 22.8 Å². The summed E-state index contributed by atoms with van der Waals surface area (Å²) in [4.78, 5) is 0. The predicted molar refractivity (Wildman–Crippen MR) is 75.6 cm³/mol. The van der Waals surface area contributed by atoms with E-state index < -0.39 is 0 Å². The standard InChI is InChI=1S/C16H16N2/c1-11(2)15-10-16(18-17-15)14-9-5-7-12-6-3-4-8-13(12)14/h3-11H,1-2H3,(H,17,18). The Hall–Kier alpha value is -2.09. The van der Waals surface area contributed by atoms with Crippen LogP contribution in [0.2, 0.25) is 0 Å². The Bertz CT molecular complexity index is 675. The van der Waals surface area contributed by atoms with Crippen LogP contribution in [0, 0.1) is 0 Å².